The van der Waals surface area contributed by atoms with Crippen LogP contribution in [0.15, 0.2) is 30.3 Å². The third kappa shape index (κ3) is 7.17. The number of halogens is 2. The molecule has 25 heavy (non-hydrogen) atoms. The Hall–Kier alpha value is -1.38. The van der Waals surface area contributed by atoms with Crippen molar-refractivity contribution in [3.63, 3.8) is 0 Å². The molecular formula is C15H22F2NO6P. The first-order chi connectivity index (χ1) is 11.7. The van der Waals surface area contributed by atoms with Gasteiger partial charge in [0.05, 0.1) is 12.6 Å². The van der Waals surface area contributed by atoms with Crippen molar-refractivity contribution >= 4 is 14.2 Å². The molecule has 1 aromatic rings. The highest BCUT2D eigenvalue weighted by molar-refractivity contribution is 7.45. The Bertz CT molecular complexity index is 562. The van der Waals surface area contributed by atoms with E-state index >= 15 is 0 Å². The highest BCUT2D eigenvalue weighted by Crippen LogP contribution is 2.42. The quantitative estimate of drug-likeness (QED) is 0.298. The molecule has 0 fully saturated rings. The maximum Gasteiger partial charge on any atom is 0.297 e. The van der Waals surface area contributed by atoms with Gasteiger partial charge < -0.3 is 19.9 Å². The summed E-state index contributed by atoms with van der Waals surface area (Å²) < 4.78 is 37.6. The molecule has 7 nitrogen and oxygen atoms in total. The van der Waals surface area contributed by atoms with Crippen LogP contribution in [0.2, 0.25) is 0 Å². The minimum atomic E-state index is -3.64. The van der Waals surface area contributed by atoms with Crippen LogP contribution in [0.3, 0.4) is 0 Å². The number of hydroxylamine groups is 2. The SMILES string of the molecule is C[PH](=O)C(F)(F)C[C@@H](O)[C@@H](O)[C@@H](O)CN(C=O)OCc1ccccc1. The number of alkyl halides is 2. The Balaban J connectivity index is 2.54. The van der Waals surface area contributed by atoms with Crippen molar-refractivity contribution in [2.24, 2.45) is 0 Å². The molecule has 0 aliphatic heterocycles. The van der Waals surface area contributed by atoms with Gasteiger partial charge in [0.15, 0.2) is 0 Å². The molecule has 10 heteroatoms. The summed E-state index contributed by atoms with van der Waals surface area (Å²) in [4.78, 5) is 16.1. The van der Waals surface area contributed by atoms with Gasteiger partial charge in [0.2, 0.25) is 6.41 Å². The molecule has 4 atom stereocenters. The number of aliphatic hydroxyl groups is 3. The molecule has 0 radical (unpaired) electrons. The molecule has 0 aromatic heterocycles. The van der Waals surface area contributed by atoms with Gasteiger partial charge in [0, 0.05) is 6.42 Å². The molecule has 1 rings (SSSR count). The minimum absolute atomic E-state index is 0.0147. The van der Waals surface area contributed by atoms with Crippen molar-refractivity contribution in [2.45, 2.75) is 37.0 Å². The molecule has 1 amide bonds. The first kappa shape index (κ1) is 21.7. The second kappa shape index (κ2) is 9.94. The Morgan fingerprint density at radius 1 is 1.24 bits per heavy atom. The number of hydrogen-bond acceptors (Lipinski definition) is 6. The lowest BCUT2D eigenvalue weighted by atomic mass is 10.1. The number of aliphatic hydroxyl groups excluding tert-OH is 3. The zero-order chi connectivity index (χ0) is 19.0. The molecule has 3 N–H and O–H groups in total. The van der Waals surface area contributed by atoms with E-state index in [2.05, 4.69) is 0 Å². The Labute approximate surface area is 144 Å². The maximum atomic E-state index is 13.3. The van der Waals surface area contributed by atoms with Gasteiger partial charge in [-0.3, -0.25) is 9.63 Å². The van der Waals surface area contributed by atoms with Gasteiger partial charge >= 0.3 is 0 Å². The smallest absolute Gasteiger partial charge is 0.297 e. The van der Waals surface area contributed by atoms with E-state index in [1.807, 2.05) is 0 Å². The molecule has 0 spiro atoms. The Morgan fingerprint density at radius 3 is 2.36 bits per heavy atom. The molecule has 0 saturated heterocycles. The molecule has 0 heterocycles. The average Bonchev–Trinajstić information content (AvgIpc) is 2.57. The van der Waals surface area contributed by atoms with Crippen LogP contribution in [0.4, 0.5) is 8.78 Å². The first-order valence-corrected chi connectivity index (χ1v) is 9.40. The number of nitrogens with zero attached hydrogens (tertiary/aromatic N) is 1. The summed E-state index contributed by atoms with van der Waals surface area (Å²) in [5.74, 6) is 0. The van der Waals surface area contributed by atoms with Crippen molar-refractivity contribution in [3.8, 4) is 0 Å². The molecule has 0 aliphatic carbocycles. The summed E-state index contributed by atoms with van der Waals surface area (Å²) in [6, 6.07) is 8.81. The van der Waals surface area contributed by atoms with Crippen molar-refractivity contribution < 1.29 is 38.3 Å². The normalized spacial score (nSPS) is 16.7. The summed E-state index contributed by atoms with van der Waals surface area (Å²) in [7, 11) is -3.26. The lowest BCUT2D eigenvalue weighted by molar-refractivity contribution is -0.193. The van der Waals surface area contributed by atoms with Gasteiger partial charge in [-0.2, -0.15) is 8.78 Å². The summed E-state index contributed by atoms with van der Waals surface area (Å²) in [6.07, 6.45) is -6.71. The fourth-order valence-corrected chi connectivity index (χ4v) is 2.43. The number of carbonyl (C=O) groups excluding carboxylic acids is 1. The summed E-state index contributed by atoms with van der Waals surface area (Å²) in [5, 5.41) is 29.9. The standard InChI is InChI=1S/C15H22F2NO6P/c1-25(23)15(16,17)7-12(20)14(22)13(21)8-18(10-19)24-9-11-5-3-2-4-6-11/h2-6,10,12-14,20-22,25H,7-9H2,1H3/t12-,13+,14-/m1/s1. The van der Waals surface area contributed by atoms with Crippen molar-refractivity contribution in [1.82, 2.24) is 5.06 Å². The van der Waals surface area contributed by atoms with E-state index in [4.69, 9.17) is 4.84 Å². The fraction of sp³-hybridized carbons (Fsp3) is 0.533. The number of amides is 1. The monoisotopic (exact) mass is 381 g/mol. The van der Waals surface area contributed by atoms with Gasteiger partial charge in [-0.1, -0.05) is 30.3 Å². The molecule has 0 saturated carbocycles. The molecule has 0 aliphatic rings. The van der Waals surface area contributed by atoms with E-state index in [0.717, 1.165) is 12.2 Å². The zero-order valence-corrected chi connectivity index (χ0v) is 14.6. The Morgan fingerprint density at radius 2 is 1.84 bits per heavy atom. The predicted molar refractivity (Wildman–Crippen MR) is 86.5 cm³/mol. The minimum Gasteiger partial charge on any atom is -0.390 e. The van der Waals surface area contributed by atoms with Crippen molar-refractivity contribution in [2.75, 3.05) is 13.2 Å². The topological polar surface area (TPSA) is 107 Å². The fourth-order valence-electron chi connectivity index (χ4n) is 1.93. The van der Waals surface area contributed by atoms with Gasteiger partial charge in [0.25, 0.3) is 5.66 Å². The van der Waals surface area contributed by atoms with Gasteiger partial charge in [0.1, 0.15) is 26.6 Å². The number of hydrogen-bond donors (Lipinski definition) is 3. The van der Waals surface area contributed by atoms with Crippen LogP contribution in [0.5, 0.6) is 0 Å². The third-order valence-electron chi connectivity index (χ3n) is 3.49. The molecular weight excluding hydrogens is 359 g/mol. The summed E-state index contributed by atoms with van der Waals surface area (Å²) in [5.41, 5.74) is -2.89. The number of carbonyl (C=O) groups is 1. The average molecular weight is 381 g/mol. The molecule has 0 bridgehead atoms. The summed E-state index contributed by atoms with van der Waals surface area (Å²) >= 11 is 0. The maximum absolute atomic E-state index is 13.3. The largest absolute Gasteiger partial charge is 0.390 e. The first-order valence-electron chi connectivity index (χ1n) is 7.49. The van der Waals surface area contributed by atoms with E-state index in [-0.39, 0.29) is 13.0 Å². The Kier molecular flexibility index (Phi) is 8.61. The lowest BCUT2D eigenvalue weighted by Gasteiger charge is -2.28. The highest BCUT2D eigenvalue weighted by Gasteiger charge is 2.40. The van der Waals surface area contributed by atoms with Crippen molar-refractivity contribution in [1.29, 1.82) is 0 Å². The van der Waals surface area contributed by atoms with Crippen LogP contribution in [-0.4, -0.2) is 64.0 Å². The van der Waals surface area contributed by atoms with Crippen LogP contribution >= 0.6 is 7.80 Å². The number of benzene rings is 1. The second-order valence-corrected chi connectivity index (χ2v) is 7.40. The third-order valence-corrected chi connectivity index (χ3v) is 4.73. The number of rotatable bonds is 11. The second-order valence-electron chi connectivity index (χ2n) is 5.55. The molecule has 1 aromatic carbocycles. The van der Waals surface area contributed by atoms with Crippen molar-refractivity contribution in [3.05, 3.63) is 35.9 Å². The molecule has 142 valence electrons. The van der Waals surface area contributed by atoms with Crippen LogP contribution < -0.4 is 0 Å². The van der Waals surface area contributed by atoms with E-state index < -0.39 is 44.7 Å². The zero-order valence-electron chi connectivity index (χ0n) is 13.6. The predicted octanol–water partition coefficient (Wildman–Crippen LogP) is 0.832. The van der Waals surface area contributed by atoms with Crippen LogP contribution in [0, 0.1) is 0 Å². The van der Waals surface area contributed by atoms with E-state index in [9.17, 15) is 33.5 Å². The van der Waals surface area contributed by atoms with Crippen LogP contribution in [0.25, 0.3) is 0 Å². The lowest BCUT2D eigenvalue weighted by Crippen LogP contribution is -2.45. The van der Waals surface area contributed by atoms with E-state index in [1.165, 1.54) is 0 Å². The highest BCUT2D eigenvalue weighted by atomic mass is 31.1. The molecule has 1 unspecified atom stereocenters. The van der Waals surface area contributed by atoms with E-state index in [1.54, 1.807) is 30.3 Å². The van der Waals surface area contributed by atoms with Gasteiger partial charge in [-0.25, -0.2) is 5.06 Å². The van der Waals surface area contributed by atoms with Gasteiger partial charge in [-0.15, -0.1) is 0 Å². The van der Waals surface area contributed by atoms with Crippen LogP contribution in [-0.2, 0) is 20.8 Å². The van der Waals surface area contributed by atoms with Crippen LogP contribution in [0.1, 0.15) is 12.0 Å². The summed E-state index contributed by atoms with van der Waals surface area (Å²) in [6.45, 7) is 0.313. The van der Waals surface area contributed by atoms with Gasteiger partial charge in [-0.05, 0) is 12.2 Å². The van der Waals surface area contributed by atoms with E-state index in [0.29, 0.717) is 5.06 Å².